The number of carbonyl (C=O) groups is 1. The minimum absolute atomic E-state index is 0.00854. The van der Waals surface area contributed by atoms with E-state index in [0.29, 0.717) is 44.3 Å². The molecule has 1 atom stereocenters. The lowest BCUT2D eigenvalue weighted by molar-refractivity contribution is -0.384. The number of esters is 1. The third-order valence-electron chi connectivity index (χ3n) is 7.35. The Morgan fingerprint density at radius 3 is 2.37 bits per heavy atom. The van der Waals surface area contributed by atoms with Crippen molar-refractivity contribution in [3.05, 3.63) is 124 Å². The van der Waals surface area contributed by atoms with Crippen molar-refractivity contribution in [2.75, 3.05) is 32.2 Å². The number of aromatic nitrogens is 1. The number of thiazole rings is 1. The molecule has 0 saturated heterocycles. The monoisotopic (exact) mass is 642 g/mol. The van der Waals surface area contributed by atoms with E-state index in [1.165, 1.54) is 23.5 Å². The Morgan fingerprint density at radius 1 is 1.02 bits per heavy atom. The number of hydrogen-bond donors (Lipinski definition) is 0. The van der Waals surface area contributed by atoms with E-state index in [4.69, 9.17) is 14.2 Å². The fourth-order valence-corrected chi connectivity index (χ4v) is 6.14. The van der Waals surface area contributed by atoms with Gasteiger partial charge in [0.25, 0.3) is 11.2 Å². The Hall–Kier alpha value is -5.23. The van der Waals surface area contributed by atoms with Gasteiger partial charge in [-0.3, -0.25) is 19.5 Å². The molecule has 238 valence electrons. The number of benzene rings is 3. The highest BCUT2D eigenvalue weighted by Crippen LogP contribution is 2.32. The van der Waals surface area contributed by atoms with Crippen LogP contribution in [0, 0.1) is 10.1 Å². The van der Waals surface area contributed by atoms with E-state index in [0.717, 1.165) is 16.8 Å². The molecule has 46 heavy (non-hydrogen) atoms. The van der Waals surface area contributed by atoms with Crippen molar-refractivity contribution in [3.63, 3.8) is 0 Å². The van der Waals surface area contributed by atoms with E-state index < -0.39 is 16.9 Å². The van der Waals surface area contributed by atoms with Gasteiger partial charge in [-0.05, 0) is 79.9 Å². The zero-order valence-electron chi connectivity index (χ0n) is 26.2. The van der Waals surface area contributed by atoms with E-state index >= 15 is 0 Å². The van der Waals surface area contributed by atoms with Gasteiger partial charge in [0.05, 0.1) is 40.0 Å². The van der Waals surface area contributed by atoms with Crippen LogP contribution in [0.4, 0.5) is 11.4 Å². The molecule has 11 nitrogen and oxygen atoms in total. The predicted octanol–water partition coefficient (Wildman–Crippen LogP) is 4.75. The maximum Gasteiger partial charge on any atom is 0.338 e. The molecule has 5 rings (SSSR count). The fourth-order valence-electron chi connectivity index (χ4n) is 5.09. The Bertz CT molecular complexity index is 1980. The summed E-state index contributed by atoms with van der Waals surface area (Å²) in [6.45, 7) is 6.14. The quantitative estimate of drug-likeness (QED) is 0.130. The number of carbonyl (C=O) groups excluding carboxylic acids is 1. The standard InChI is InChI=1S/C34H34N4O7S/c1-6-43-28-18-23(10-17-27(28)45-20-22-8-13-26(14-9-22)38(41)42)19-29-32(39)37-31(24-11-15-25(16-12-24)36(4)5)30(33(40)44-7-2)21(3)35-34(37)46-29/h8-19,31H,6-7,20H2,1-5H3/b29-19+. The largest absolute Gasteiger partial charge is 0.490 e. The molecule has 0 radical (unpaired) electrons. The van der Waals surface area contributed by atoms with Crippen molar-refractivity contribution in [2.24, 2.45) is 4.99 Å². The number of hydrogen-bond acceptors (Lipinski definition) is 10. The van der Waals surface area contributed by atoms with Crippen molar-refractivity contribution in [3.8, 4) is 11.5 Å². The van der Waals surface area contributed by atoms with Crippen molar-refractivity contribution in [1.82, 2.24) is 4.57 Å². The topological polar surface area (TPSA) is 126 Å². The zero-order chi connectivity index (χ0) is 33.0. The highest BCUT2D eigenvalue weighted by Gasteiger charge is 2.33. The highest BCUT2D eigenvalue weighted by atomic mass is 32.1. The average Bonchev–Trinajstić information content (AvgIpc) is 3.34. The summed E-state index contributed by atoms with van der Waals surface area (Å²) >= 11 is 1.24. The molecule has 0 N–H and O–H groups in total. The number of rotatable bonds is 11. The maximum atomic E-state index is 14.0. The number of anilines is 1. The van der Waals surface area contributed by atoms with Gasteiger partial charge in [-0.1, -0.05) is 29.5 Å². The van der Waals surface area contributed by atoms with E-state index in [1.54, 1.807) is 48.8 Å². The van der Waals surface area contributed by atoms with Crippen molar-refractivity contribution in [1.29, 1.82) is 0 Å². The molecule has 1 aliphatic heterocycles. The minimum atomic E-state index is -0.706. The van der Waals surface area contributed by atoms with Gasteiger partial charge in [0, 0.05) is 31.9 Å². The summed E-state index contributed by atoms with van der Waals surface area (Å²) in [5, 5.41) is 10.9. The second-order valence-electron chi connectivity index (χ2n) is 10.6. The molecule has 1 aliphatic rings. The van der Waals surface area contributed by atoms with Gasteiger partial charge < -0.3 is 19.1 Å². The summed E-state index contributed by atoms with van der Waals surface area (Å²) in [6.07, 6.45) is 1.77. The molecule has 2 heterocycles. The van der Waals surface area contributed by atoms with Gasteiger partial charge in [0.1, 0.15) is 6.61 Å². The van der Waals surface area contributed by atoms with Crippen molar-refractivity contribution < 1.29 is 23.9 Å². The first-order valence-corrected chi connectivity index (χ1v) is 15.5. The van der Waals surface area contributed by atoms with Crippen LogP contribution in [0.1, 0.15) is 43.5 Å². The van der Waals surface area contributed by atoms with E-state index in [-0.39, 0.29) is 24.5 Å². The molecule has 0 fully saturated rings. The number of non-ortho nitro benzene ring substituents is 1. The first-order valence-electron chi connectivity index (χ1n) is 14.7. The lowest BCUT2D eigenvalue weighted by Crippen LogP contribution is -2.39. The normalized spacial score (nSPS) is 14.4. The zero-order valence-corrected chi connectivity index (χ0v) is 27.0. The first-order chi connectivity index (χ1) is 22.1. The Labute approximate surface area is 269 Å². The molecule has 0 amide bonds. The fraction of sp³-hybridized carbons (Fsp3) is 0.265. The van der Waals surface area contributed by atoms with Crippen LogP contribution in [-0.4, -0.2) is 42.8 Å². The Morgan fingerprint density at radius 2 is 1.74 bits per heavy atom. The molecule has 12 heteroatoms. The number of nitro groups is 1. The molecule has 0 spiro atoms. The molecule has 1 aromatic heterocycles. The minimum Gasteiger partial charge on any atom is -0.490 e. The summed E-state index contributed by atoms with van der Waals surface area (Å²) in [5.41, 5.74) is 3.79. The van der Waals surface area contributed by atoms with Gasteiger partial charge in [-0.2, -0.15) is 0 Å². The van der Waals surface area contributed by atoms with Crippen LogP contribution >= 0.6 is 11.3 Å². The van der Waals surface area contributed by atoms with Crippen LogP contribution in [0.2, 0.25) is 0 Å². The number of allylic oxidation sites excluding steroid dienone is 1. The van der Waals surface area contributed by atoms with Crippen LogP contribution in [0.3, 0.4) is 0 Å². The second kappa shape index (κ2) is 13.8. The second-order valence-corrected chi connectivity index (χ2v) is 11.6. The van der Waals surface area contributed by atoms with Gasteiger partial charge >= 0.3 is 5.97 Å². The molecule has 1 unspecified atom stereocenters. The lowest BCUT2D eigenvalue weighted by atomic mass is 9.95. The first kappa shape index (κ1) is 32.2. The van der Waals surface area contributed by atoms with Gasteiger partial charge in [-0.25, -0.2) is 9.79 Å². The number of ether oxygens (including phenoxy) is 3. The van der Waals surface area contributed by atoms with Crippen LogP contribution in [-0.2, 0) is 16.1 Å². The number of fused-ring (bicyclic) bond motifs is 1. The molecule has 0 saturated carbocycles. The summed E-state index contributed by atoms with van der Waals surface area (Å²) < 4.78 is 19.2. The summed E-state index contributed by atoms with van der Waals surface area (Å²) in [7, 11) is 3.89. The molecule has 0 bridgehead atoms. The molecule has 0 aliphatic carbocycles. The van der Waals surface area contributed by atoms with Crippen LogP contribution < -0.4 is 29.3 Å². The SMILES string of the molecule is CCOC(=O)C1=C(C)N=c2s/c(=C/c3ccc(OCc4ccc([N+](=O)[O-])cc4)c(OCC)c3)c(=O)n2C1c1ccc(N(C)C)cc1. The van der Waals surface area contributed by atoms with Crippen LogP contribution in [0.15, 0.2) is 87.8 Å². The van der Waals surface area contributed by atoms with E-state index in [9.17, 15) is 19.7 Å². The van der Waals surface area contributed by atoms with Crippen LogP contribution in [0.25, 0.3) is 6.08 Å². The number of nitrogens with zero attached hydrogens (tertiary/aromatic N) is 4. The van der Waals surface area contributed by atoms with Gasteiger partial charge in [0.2, 0.25) is 0 Å². The van der Waals surface area contributed by atoms with Crippen LogP contribution in [0.5, 0.6) is 11.5 Å². The van der Waals surface area contributed by atoms with Gasteiger partial charge in [-0.15, -0.1) is 0 Å². The van der Waals surface area contributed by atoms with E-state index in [1.807, 2.05) is 56.3 Å². The number of nitro benzene ring substituents is 1. The summed E-state index contributed by atoms with van der Waals surface area (Å²) in [5.74, 6) is 0.477. The predicted molar refractivity (Wildman–Crippen MR) is 176 cm³/mol. The molecule has 4 aromatic rings. The maximum absolute atomic E-state index is 14.0. The third-order valence-corrected chi connectivity index (χ3v) is 8.33. The Balaban J connectivity index is 1.52. The molecular formula is C34H34N4O7S. The molecular weight excluding hydrogens is 608 g/mol. The lowest BCUT2D eigenvalue weighted by Gasteiger charge is -2.25. The van der Waals surface area contributed by atoms with E-state index in [2.05, 4.69) is 4.99 Å². The highest BCUT2D eigenvalue weighted by molar-refractivity contribution is 7.07. The average molecular weight is 643 g/mol. The smallest absolute Gasteiger partial charge is 0.338 e. The van der Waals surface area contributed by atoms with Crippen molar-refractivity contribution >= 4 is 34.8 Å². The summed E-state index contributed by atoms with van der Waals surface area (Å²) in [4.78, 5) is 44.8. The van der Waals surface area contributed by atoms with Gasteiger partial charge in [0.15, 0.2) is 16.3 Å². The molecule has 3 aromatic carbocycles. The van der Waals surface area contributed by atoms with Crippen molar-refractivity contribution in [2.45, 2.75) is 33.4 Å². The third kappa shape index (κ3) is 6.71. The summed E-state index contributed by atoms with van der Waals surface area (Å²) in [6, 6.07) is 18.5. The Kier molecular flexibility index (Phi) is 9.67.